The number of nitrogens with two attached hydrogens (primary N) is 1. The Labute approximate surface area is 114 Å². The lowest BCUT2D eigenvalue weighted by Gasteiger charge is -2.32. The first-order chi connectivity index (χ1) is 8.76. The minimum Gasteiger partial charge on any atom is -0.384 e. The Morgan fingerprint density at radius 1 is 1.61 bits per heavy atom. The number of rotatable bonds is 6. The summed E-state index contributed by atoms with van der Waals surface area (Å²) in [6, 6.07) is 2.82. The van der Waals surface area contributed by atoms with E-state index in [0.717, 1.165) is 26.1 Å². The molecule has 18 heavy (non-hydrogen) atoms. The molecule has 2 N–H and O–H groups in total. The fraction of sp³-hybridized carbons (Fsp3) is 0.714. The van der Waals surface area contributed by atoms with Crippen LogP contribution in [0, 0.1) is 5.92 Å². The molecule has 0 amide bonds. The van der Waals surface area contributed by atoms with Gasteiger partial charge in [0.05, 0.1) is 12.6 Å². The Kier molecular flexibility index (Phi) is 5.18. The predicted octanol–water partition coefficient (Wildman–Crippen LogP) is 2.49. The van der Waals surface area contributed by atoms with Crippen LogP contribution in [-0.4, -0.2) is 37.7 Å². The summed E-state index contributed by atoms with van der Waals surface area (Å²) in [6.45, 7) is 5.30. The Hall–Kier alpha value is -0.420. The molecule has 0 aliphatic carbocycles. The van der Waals surface area contributed by atoms with Crippen molar-refractivity contribution in [3.63, 3.8) is 0 Å². The van der Waals surface area contributed by atoms with Crippen molar-refractivity contribution in [3.05, 3.63) is 22.4 Å². The average Bonchev–Trinajstić information content (AvgIpc) is 3.02. The molecule has 1 saturated heterocycles. The Morgan fingerprint density at radius 3 is 3.06 bits per heavy atom. The van der Waals surface area contributed by atoms with E-state index < -0.39 is 0 Å². The second-order valence-electron chi connectivity index (χ2n) is 5.18. The molecule has 2 heterocycles. The standard InChI is InChI=1S/C14H24N2OS/c1-3-13(15)14(12-5-7-18-10-12)16-6-4-11(8-16)9-17-2/h5,7,10-11,13-14H,3-4,6,8-9,15H2,1-2H3. The van der Waals surface area contributed by atoms with Crippen molar-refractivity contribution >= 4 is 11.3 Å². The van der Waals surface area contributed by atoms with Crippen LogP contribution in [0.3, 0.4) is 0 Å². The van der Waals surface area contributed by atoms with Gasteiger partial charge in [-0.15, -0.1) is 0 Å². The third-order valence-corrected chi connectivity index (χ3v) is 4.58. The molecular formula is C14H24N2OS. The van der Waals surface area contributed by atoms with Crippen molar-refractivity contribution in [2.75, 3.05) is 26.8 Å². The van der Waals surface area contributed by atoms with Crippen molar-refractivity contribution in [2.24, 2.45) is 11.7 Å². The maximum atomic E-state index is 6.34. The predicted molar refractivity (Wildman–Crippen MR) is 76.9 cm³/mol. The number of hydrogen-bond donors (Lipinski definition) is 1. The first-order valence-electron chi connectivity index (χ1n) is 6.77. The SMILES string of the molecule is CCC(N)C(c1ccsc1)N1CCC(COC)C1. The second-order valence-corrected chi connectivity index (χ2v) is 5.96. The van der Waals surface area contributed by atoms with Crippen LogP contribution >= 0.6 is 11.3 Å². The van der Waals surface area contributed by atoms with Crippen molar-refractivity contribution in [2.45, 2.75) is 31.8 Å². The Balaban J connectivity index is 2.06. The lowest BCUT2D eigenvalue weighted by molar-refractivity contribution is 0.142. The van der Waals surface area contributed by atoms with Gasteiger partial charge in [-0.3, -0.25) is 4.90 Å². The molecule has 0 saturated carbocycles. The summed E-state index contributed by atoms with van der Waals surface area (Å²) < 4.78 is 5.28. The molecule has 0 aromatic carbocycles. The Bertz CT molecular complexity index is 342. The highest BCUT2D eigenvalue weighted by atomic mass is 32.1. The molecule has 1 fully saturated rings. The van der Waals surface area contributed by atoms with Gasteiger partial charge in [-0.05, 0) is 47.7 Å². The van der Waals surface area contributed by atoms with E-state index in [9.17, 15) is 0 Å². The lowest BCUT2D eigenvalue weighted by Crippen LogP contribution is -2.39. The van der Waals surface area contributed by atoms with Crippen LogP contribution in [0.25, 0.3) is 0 Å². The van der Waals surface area contributed by atoms with E-state index in [1.165, 1.54) is 12.0 Å². The number of thiophene rings is 1. The first kappa shape index (κ1) is 14.0. The molecular weight excluding hydrogens is 244 g/mol. The van der Waals surface area contributed by atoms with Gasteiger partial charge in [-0.25, -0.2) is 0 Å². The highest BCUT2D eigenvalue weighted by molar-refractivity contribution is 7.07. The quantitative estimate of drug-likeness (QED) is 0.861. The smallest absolute Gasteiger partial charge is 0.0507 e. The van der Waals surface area contributed by atoms with Gasteiger partial charge in [0.15, 0.2) is 0 Å². The molecule has 102 valence electrons. The molecule has 1 aromatic heterocycles. The summed E-state index contributed by atoms with van der Waals surface area (Å²) in [7, 11) is 1.79. The summed E-state index contributed by atoms with van der Waals surface area (Å²) in [4.78, 5) is 2.54. The fourth-order valence-electron chi connectivity index (χ4n) is 2.88. The van der Waals surface area contributed by atoms with E-state index in [4.69, 9.17) is 10.5 Å². The molecule has 0 bridgehead atoms. The average molecular weight is 268 g/mol. The van der Waals surface area contributed by atoms with Gasteiger partial charge in [-0.1, -0.05) is 6.92 Å². The third-order valence-electron chi connectivity index (χ3n) is 3.87. The Morgan fingerprint density at radius 2 is 2.44 bits per heavy atom. The van der Waals surface area contributed by atoms with Gasteiger partial charge in [0.1, 0.15) is 0 Å². The van der Waals surface area contributed by atoms with Crippen molar-refractivity contribution in [1.82, 2.24) is 4.90 Å². The van der Waals surface area contributed by atoms with Gasteiger partial charge in [0.25, 0.3) is 0 Å². The molecule has 4 heteroatoms. The van der Waals surface area contributed by atoms with Crippen LogP contribution in [0.15, 0.2) is 16.8 Å². The normalized spacial score (nSPS) is 24.3. The van der Waals surface area contributed by atoms with Gasteiger partial charge >= 0.3 is 0 Å². The number of likely N-dealkylation sites (tertiary alicyclic amines) is 1. The first-order valence-corrected chi connectivity index (χ1v) is 7.71. The molecule has 3 atom stereocenters. The van der Waals surface area contributed by atoms with Gasteiger partial charge in [0, 0.05) is 19.7 Å². The number of nitrogens with zero attached hydrogens (tertiary/aromatic N) is 1. The second kappa shape index (κ2) is 6.66. The number of hydrogen-bond acceptors (Lipinski definition) is 4. The van der Waals surface area contributed by atoms with Crippen LogP contribution in [0.1, 0.15) is 31.4 Å². The fourth-order valence-corrected chi connectivity index (χ4v) is 3.57. The summed E-state index contributed by atoms with van der Waals surface area (Å²) >= 11 is 1.76. The van der Waals surface area contributed by atoms with E-state index in [2.05, 4.69) is 28.7 Å². The molecule has 2 rings (SSSR count). The minimum atomic E-state index is 0.223. The zero-order valence-corrected chi connectivity index (χ0v) is 12.2. The highest BCUT2D eigenvalue weighted by Crippen LogP contribution is 2.31. The highest BCUT2D eigenvalue weighted by Gasteiger charge is 2.32. The van der Waals surface area contributed by atoms with E-state index >= 15 is 0 Å². The molecule has 3 unspecified atom stereocenters. The van der Waals surface area contributed by atoms with E-state index in [1.54, 1.807) is 18.4 Å². The van der Waals surface area contributed by atoms with Gasteiger partial charge < -0.3 is 10.5 Å². The minimum absolute atomic E-state index is 0.223. The van der Waals surface area contributed by atoms with Crippen LogP contribution in [0.5, 0.6) is 0 Å². The van der Waals surface area contributed by atoms with E-state index in [1.807, 2.05) is 0 Å². The molecule has 1 aromatic rings. The zero-order chi connectivity index (χ0) is 13.0. The lowest BCUT2D eigenvalue weighted by atomic mass is 9.99. The summed E-state index contributed by atoms with van der Waals surface area (Å²) in [5.41, 5.74) is 7.72. The molecule has 3 nitrogen and oxygen atoms in total. The maximum Gasteiger partial charge on any atom is 0.0507 e. The largest absolute Gasteiger partial charge is 0.384 e. The van der Waals surface area contributed by atoms with Crippen LogP contribution in [0.4, 0.5) is 0 Å². The summed E-state index contributed by atoms with van der Waals surface area (Å²) in [5, 5.41) is 4.39. The summed E-state index contributed by atoms with van der Waals surface area (Å²) in [5.74, 6) is 0.667. The van der Waals surface area contributed by atoms with Crippen molar-refractivity contribution < 1.29 is 4.74 Å². The monoisotopic (exact) mass is 268 g/mol. The molecule has 0 radical (unpaired) electrons. The van der Waals surface area contributed by atoms with Crippen molar-refractivity contribution in [1.29, 1.82) is 0 Å². The van der Waals surface area contributed by atoms with E-state index in [-0.39, 0.29) is 6.04 Å². The van der Waals surface area contributed by atoms with Gasteiger partial charge in [-0.2, -0.15) is 11.3 Å². The number of methoxy groups -OCH3 is 1. The van der Waals surface area contributed by atoms with Crippen molar-refractivity contribution in [3.8, 4) is 0 Å². The molecule has 1 aliphatic heterocycles. The number of ether oxygens (including phenoxy) is 1. The van der Waals surface area contributed by atoms with E-state index in [0.29, 0.717) is 12.0 Å². The maximum absolute atomic E-state index is 6.34. The molecule has 0 spiro atoms. The molecule has 1 aliphatic rings. The zero-order valence-electron chi connectivity index (χ0n) is 11.3. The van der Waals surface area contributed by atoms with Crippen LogP contribution in [-0.2, 0) is 4.74 Å². The van der Waals surface area contributed by atoms with Crippen LogP contribution in [0.2, 0.25) is 0 Å². The van der Waals surface area contributed by atoms with Gasteiger partial charge in [0.2, 0.25) is 0 Å². The van der Waals surface area contributed by atoms with Crippen LogP contribution < -0.4 is 5.73 Å². The topological polar surface area (TPSA) is 38.5 Å². The summed E-state index contributed by atoms with van der Waals surface area (Å²) in [6.07, 6.45) is 2.25. The third kappa shape index (κ3) is 3.12.